The predicted octanol–water partition coefficient (Wildman–Crippen LogP) is 10.1. The molecule has 0 saturated heterocycles. The summed E-state index contributed by atoms with van der Waals surface area (Å²) in [6, 6.07) is 42.5. The van der Waals surface area contributed by atoms with Crippen molar-refractivity contribution in [2.75, 3.05) is 0 Å². The molecule has 4 nitrogen and oxygen atoms in total. The number of benzene rings is 8. The molecule has 4 aliphatic rings. The zero-order chi connectivity index (χ0) is 40.0. The molecule has 2 heterocycles. The molecule has 59 heavy (non-hydrogen) atoms. The van der Waals surface area contributed by atoms with Gasteiger partial charge in [0.25, 0.3) is 0 Å². The standard InChI is InChI=1S/C49H26F4O4P2/c50-27-9-17-41-45(21-27)58(54,46-22-28(51)10-18-42(46)56-41)31-13-15-35-33-5-1-3-7-37(33)49(39(35)25-31)38-8-4-2-6-34(38)36-16-14-32(26-40(36)49)59(55)47-23-29(52)11-19-43(47)57-44-20-12-30(53)24-48(44)59/h1-26H. The fourth-order valence-electron chi connectivity index (χ4n) is 9.85. The topological polar surface area (TPSA) is 52.6 Å². The molecule has 0 fully saturated rings. The SMILES string of the molecule is O=P1(c2ccc3c(c2)C2(c4ccccc4-3)c3ccccc3-c3ccc(P4(=O)c5cc(F)ccc5Oc5ccc(F)cc54)cc32)c2cc(F)ccc2Oc2ccc(F)cc21. The van der Waals surface area contributed by atoms with Crippen LogP contribution >= 0.6 is 14.3 Å². The molecule has 0 aromatic heterocycles. The maximum absolute atomic E-state index is 16.0. The molecule has 10 heteroatoms. The van der Waals surface area contributed by atoms with E-state index in [0.717, 1.165) is 44.5 Å². The van der Waals surface area contributed by atoms with E-state index in [1.807, 2.05) is 72.8 Å². The Labute approximate surface area is 335 Å². The van der Waals surface area contributed by atoms with Crippen molar-refractivity contribution in [2.45, 2.75) is 5.41 Å². The highest BCUT2D eigenvalue weighted by molar-refractivity contribution is 7.86. The van der Waals surface area contributed by atoms with E-state index in [1.165, 1.54) is 72.8 Å². The van der Waals surface area contributed by atoms with Gasteiger partial charge in [-0.2, -0.15) is 0 Å². The highest BCUT2D eigenvalue weighted by atomic mass is 31.2. The van der Waals surface area contributed by atoms with Crippen LogP contribution in [-0.2, 0) is 14.5 Å². The highest BCUT2D eigenvalue weighted by Crippen LogP contribution is 2.64. The number of hydrogen-bond donors (Lipinski definition) is 0. The molecule has 0 unspecified atom stereocenters. The zero-order valence-corrected chi connectivity index (χ0v) is 32.3. The summed E-state index contributed by atoms with van der Waals surface area (Å²) in [6.07, 6.45) is 0. The van der Waals surface area contributed by atoms with E-state index in [-0.39, 0.29) is 44.2 Å². The number of hydrogen-bond acceptors (Lipinski definition) is 4. The van der Waals surface area contributed by atoms with E-state index in [2.05, 4.69) is 0 Å². The van der Waals surface area contributed by atoms with Gasteiger partial charge in [-0.1, -0.05) is 72.8 Å². The Morgan fingerprint density at radius 2 is 0.678 bits per heavy atom. The van der Waals surface area contributed by atoms with Gasteiger partial charge in [-0.3, -0.25) is 0 Å². The van der Waals surface area contributed by atoms with Gasteiger partial charge >= 0.3 is 0 Å². The first kappa shape index (κ1) is 34.6. The van der Waals surface area contributed by atoms with Crippen LogP contribution in [0.15, 0.2) is 158 Å². The summed E-state index contributed by atoms with van der Waals surface area (Å²) in [6.45, 7) is 0. The first-order valence-electron chi connectivity index (χ1n) is 18.9. The van der Waals surface area contributed by atoms with E-state index < -0.39 is 43.0 Å². The van der Waals surface area contributed by atoms with Gasteiger partial charge in [-0.25, -0.2) is 17.6 Å². The third kappa shape index (κ3) is 4.40. The Hall–Kier alpha value is -6.46. The van der Waals surface area contributed by atoms with Crippen LogP contribution in [0.1, 0.15) is 22.3 Å². The fraction of sp³-hybridized carbons (Fsp3) is 0.0204. The number of halogens is 4. The third-order valence-electron chi connectivity index (χ3n) is 12.3. The maximum Gasteiger partial charge on any atom is 0.178 e. The Bertz CT molecular complexity index is 2990. The molecule has 284 valence electrons. The van der Waals surface area contributed by atoms with Crippen LogP contribution in [-0.4, -0.2) is 0 Å². The summed E-state index contributed by atoms with van der Waals surface area (Å²) in [5.41, 5.74) is 5.84. The molecule has 8 aromatic carbocycles. The molecule has 12 rings (SSSR count). The van der Waals surface area contributed by atoms with Crippen molar-refractivity contribution >= 4 is 46.1 Å². The normalized spacial score (nSPS) is 15.9. The molecule has 0 atom stereocenters. The Balaban J connectivity index is 1.17. The molecule has 0 saturated carbocycles. The first-order valence-corrected chi connectivity index (χ1v) is 22.3. The van der Waals surface area contributed by atoms with E-state index >= 15 is 26.7 Å². The average Bonchev–Trinajstić information content (AvgIpc) is 3.71. The van der Waals surface area contributed by atoms with Crippen LogP contribution in [0.2, 0.25) is 0 Å². The van der Waals surface area contributed by atoms with Crippen LogP contribution in [0, 0.1) is 23.3 Å². The van der Waals surface area contributed by atoms with Crippen LogP contribution in [0.4, 0.5) is 17.6 Å². The Kier molecular flexibility index (Phi) is 6.92. The van der Waals surface area contributed by atoms with Crippen molar-refractivity contribution in [3.05, 3.63) is 203 Å². The second-order valence-corrected chi connectivity index (χ2v) is 20.6. The molecule has 0 N–H and O–H groups in total. The fourth-order valence-corrected chi connectivity index (χ4v) is 15.6. The molecule has 0 bridgehead atoms. The molecular formula is C49H26F4O4P2. The van der Waals surface area contributed by atoms with Gasteiger partial charge in [0, 0.05) is 10.6 Å². The van der Waals surface area contributed by atoms with Gasteiger partial charge < -0.3 is 18.6 Å². The summed E-state index contributed by atoms with van der Waals surface area (Å²) in [4.78, 5) is 0. The van der Waals surface area contributed by atoms with Crippen LogP contribution < -0.4 is 41.3 Å². The average molecular weight is 817 g/mol. The Morgan fingerprint density at radius 3 is 1.03 bits per heavy atom. The van der Waals surface area contributed by atoms with Gasteiger partial charge in [0.1, 0.15) is 46.3 Å². The van der Waals surface area contributed by atoms with Crippen molar-refractivity contribution < 1.29 is 36.2 Å². The lowest BCUT2D eigenvalue weighted by atomic mass is 9.70. The summed E-state index contributed by atoms with van der Waals surface area (Å²) >= 11 is 0. The van der Waals surface area contributed by atoms with Crippen LogP contribution in [0.25, 0.3) is 22.3 Å². The minimum atomic E-state index is -4.01. The largest absolute Gasteiger partial charge is 0.456 e. The molecule has 1 spiro atoms. The number of ether oxygens (including phenoxy) is 2. The number of fused-ring (bicyclic) bond motifs is 14. The minimum Gasteiger partial charge on any atom is -0.456 e. The predicted molar refractivity (Wildman–Crippen MR) is 222 cm³/mol. The molecule has 8 aromatic rings. The van der Waals surface area contributed by atoms with E-state index in [9.17, 15) is 0 Å². The first-order chi connectivity index (χ1) is 28.6. The van der Waals surface area contributed by atoms with E-state index in [0.29, 0.717) is 10.6 Å². The summed E-state index contributed by atoms with van der Waals surface area (Å²) < 4.78 is 105. The third-order valence-corrected chi connectivity index (χ3v) is 18.4. The van der Waals surface area contributed by atoms with Gasteiger partial charge in [0.05, 0.1) is 26.6 Å². The highest BCUT2D eigenvalue weighted by Gasteiger charge is 2.53. The number of rotatable bonds is 2. The van der Waals surface area contributed by atoms with E-state index in [4.69, 9.17) is 9.47 Å². The van der Waals surface area contributed by atoms with Gasteiger partial charge in [-0.05, 0) is 129 Å². The quantitative estimate of drug-likeness (QED) is 0.129. The summed E-state index contributed by atoms with van der Waals surface area (Å²) in [7, 11) is -8.03. The molecular weight excluding hydrogens is 790 g/mol. The maximum atomic E-state index is 16.0. The van der Waals surface area contributed by atoms with Gasteiger partial charge in [0.2, 0.25) is 0 Å². The monoisotopic (exact) mass is 816 g/mol. The van der Waals surface area contributed by atoms with Crippen molar-refractivity contribution in [1.29, 1.82) is 0 Å². The van der Waals surface area contributed by atoms with Crippen molar-refractivity contribution in [3.8, 4) is 45.3 Å². The van der Waals surface area contributed by atoms with Crippen molar-refractivity contribution in [3.63, 3.8) is 0 Å². The van der Waals surface area contributed by atoms with Crippen LogP contribution in [0.5, 0.6) is 23.0 Å². The lowest BCUT2D eigenvalue weighted by molar-refractivity contribution is 0.481. The molecule has 0 amide bonds. The van der Waals surface area contributed by atoms with Crippen LogP contribution in [0.3, 0.4) is 0 Å². The second-order valence-electron chi connectivity index (χ2n) is 15.2. The molecule has 0 radical (unpaired) electrons. The smallest absolute Gasteiger partial charge is 0.178 e. The van der Waals surface area contributed by atoms with Crippen molar-refractivity contribution in [1.82, 2.24) is 0 Å². The van der Waals surface area contributed by atoms with E-state index in [1.54, 1.807) is 12.1 Å². The molecule has 2 aliphatic heterocycles. The second kappa shape index (κ2) is 11.8. The summed E-state index contributed by atoms with van der Waals surface area (Å²) in [5, 5.41) is 1.15. The van der Waals surface area contributed by atoms with Crippen molar-refractivity contribution in [2.24, 2.45) is 0 Å². The van der Waals surface area contributed by atoms with Gasteiger partial charge in [0.15, 0.2) is 14.3 Å². The Morgan fingerprint density at radius 1 is 0.356 bits per heavy atom. The molecule has 2 aliphatic carbocycles. The zero-order valence-electron chi connectivity index (χ0n) is 30.6. The summed E-state index contributed by atoms with van der Waals surface area (Å²) in [5.74, 6) is -1.62. The minimum absolute atomic E-state index is 0.115. The lowest BCUT2D eigenvalue weighted by Gasteiger charge is -2.33. The van der Waals surface area contributed by atoms with Gasteiger partial charge in [-0.15, -0.1) is 0 Å². The lowest BCUT2D eigenvalue weighted by Crippen LogP contribution is -2.34.